The molecule has 2 rings (SSSR count). The Hall–Kier alpha value is -1.90. The normalized spacial score (nSPS) is 18.8. The van der Waals surface area contributed by atoms with Crippen molar-refractivity contribution in [3.8, 4) is 0 Å². The third kappa shape index (κ3) is 6.01. The van der Waals surface area contributed by atoms with Crippen molar-refractivity contribution in [3.63, 3.8) is 0 Å². The van der Waals surface area contributed by atoms with Gasteiger partial charge in [0.15, 0.2) is 0 Å². The first-order valence-electron chi connectivity index (χ1n) is 7.33. The second-order valence-electron chi connectivity index (χ2n) is 5.33. The van der Waals surface area contributed by atoms with Crippen molar-refractivity contribution in [2.75, 3.05) is 31.6 Å². The molecule has 23 heavy (non-hydrogen) atoms. The van der Waals surface area contributed by atoms with E-state index < -0.39 is 12.6 Å². The Bertz CT molecular complexity index is 539. The molecule has 0 saturated carbocycles. The minimum absolute atomic E-state index is 0.0105. The van der Waals surface area contributed by atoms with Gasteiger partial charge in [-0.25, -0.2) is 9.97 Å². The number of nitrogens with zero attached hydrogens (tertiary/aromatic N) is 3. The number of hydrogen-bond donors (Lipinski definition) is 1. The number of hydrogen-bond acceptors (Lipinski definition) is 5. The fraction of sp³-hybridized carbons (Fsp3) is 0.643. The summed E-state index contributed by atoms with van der Waals surface area (Å²) in [5, 5.41) is 2.94. The summed E-state index contributed by atoms with van der Waals surface area (Å²) in [5.41, 5.74) is 0.328. The molecule has 0 bridgehead atoms. The molecule has 1 aromatic heterocycles. The summed E-state index contributed by atoms with van der Waals surface area (Å²) in [6.45, 7) is 3.37. The zero-order chi connectivity index (χ0) is 16.9. The van der Waals surface area contributed by atoms with E-state index in [0.717, 1.165) is 0 Å². The number of carbonyl (C=O) groups excluding carboxylic acids is 1. The van der Waals surface area contributed by atoms with Crippen LogP contribution in [-0.2, 0) is 16.0 Å². The van der Waals surface area contributed by atoms with Gasteiger partial charge in [0.05, 0.1) is 12.7 Å². The molecule has 1 aromatic rings. The Morgan fingerprint density at radius 3 is 3.00 bits per heavy atom. The van der Waals surface area contributed by atoms with E-state index in [1.807, 2.05) is 0 Å². The van der Waals surface area contributed by atoms with Crippen molar-refractivity contribution in [1.29, 1.82) is 0 Å². The van der Waals surface area contributed by atoms with Gasteiger partial charge in [0.1, 0.15) is 0 Å². The number of halogens is 3. The second kappa shape index (κ2) is 7.58. The van der Waals surface area contributed by atoms with Gasteiger partial charge in [-0.05, 0) is 12.5 Å². The minimum atomic E-state index is -4.20. The molecule has 0 radical (unpaired) electrons. The van der Waals surface area contributed by atoms with Crippen LogP contribution >= 0.6 is 0 Å². The van der Waals surface area contributed by atoms with Gasteiger partial charge in [0, 0.05) is 44.9 Å². The summed E-state index contributed by atoms with van der Waals surface area (Å²) < 4.78 is 42.2. The van der Waals surface area contributed by atoms with Gasteiger partial charge in [-0.3, -0.25) is 4.79 Å². The highest BCUT2D eigenvalue weighted by atomic mass is 19.4. The van der Waals surface area contributed by atoms with E-state index in [9.17, 15) is 18.0 Å². The van der Waals surface area contributed by atoms with E-state index >= 15 is 0 Å². The third-order valence-electron chi connectivity index (χ3n) is 3.45. The van der Waals surface area contributed by atoms with Crippen molar-refractivity contribution >= 4 is 11.9 Å². The van der Waals surface area contributed by atoms with Gasteiger partial charge in [0.2, 0.25) is 11.9 Å². The first-order chi connectivity index (χ1) is 10.8. The largest absolute Gasteiger partial charge is 0.389 e. The van der Waals surface area contributed by atoms with Crippen molar-refractivity contribution < 1.29 is 22.7 Å². The molecule has 0 aliphatic carbocycles. The molecule has 1 amide bonds. The summed E-state index contributed by atoms with van der Waals surface area (Å²) in [4.78, 5) is 21.1. The Labute approximate surface area is 132 Å². The number of rotatable bonds is 5. The first kappa shape index (κ1) is 17.5. The second-order valence-corrected chi connectivity index (χ2v) is 5.33. The van der Waals surface area contributed by atoms with Crippen LogP contribution in [-0.4, -0.2) is 59.3 Å². The molecule has 128 valence electrons. The lowest BCUT2D eigenvalue weighted by atomic mass is 10.2. The number of nitrogens with one attached hydrogen (secondary N) is 1. The average molecular weight is 332 g/mol. The predicted octanol–water partition coefficient (Wildman–Crippen LogP) is 1.63. The van der Waals surface area contributed by atoms with Gasteiger partial charge in [-0.15, -0.1) is 0 Å². The van der Waals surface area contributed by atoms with Gasteiger partial charge < -0.3 is 15.0 Å². The van der Waals surface area contributed by atoms with Crippen LogP contribution in [0.25, 0.3) is 0 Å². The smallest absolute Gasteiger partial charge is 0.373 e. The van der Waals surface area contributed by atoms with Gasteiger partial charge in [-0.1, -0.05) is 0 Å². The van der Waals surface area contributed by atoms with Crippen molar-refractivity contribution in [2.24, 2.45) is 0 Å². The maximum Gasteiger partial charge on any atom is 0.389 e. The fourth-order valence-electron chi connectivity index (χ4n) is 2.22. The highest BCUT2D eigenvalue weighted by molar-refractivity contribution is 5.73. The van der Waals surface area contributed by atoms with Crippen LogP contribution in [0.15, 0.2) is 12.3 Å². The summed E-state index contributed by atoms with van der Waals surface area (Å²) in [5.74, 6) is 0.247. The Morgan fingerprint density at radius 1 is 1.52 bits per heavy atom. The number of aromatic nitrogens is 2. The molecule has 0 aromatic carbocycles. The number of amides is 1. The molecule has 2 heterocycles. The zero-order valence-corrected chi connectivity index (χ0v) is 12.8. The van der Waals surface area contributed by atoms with E-state index in [-0.39, 0.29) is 24.4 Å². The summed E-state index contributed by atoms with van der Waals surface area (Å²) >= 11 is 0. The molecule has 1 saturated heterocycles. The van der Waals surface area contributed by atoms with E-state index in [2.05, 4.69) is 15.3 Å². The lowest BCUT2D eigenvalue weighted by Gasteiger charge is -2.32. The van der Waals surface area contributed by atoms with Crippen LogP contribution < -0.4 is 5.32 Å². The van der Waals surface area contributed by atoms with Crippen LogP contribution in [0.3, 0.4) is 0 Å². The number of carbonyl (C=O) groups is 1. The van der Waals surface area contributed by atoms with Crippen LogP contribution in [0.1, 0.15) is 19.0 Å². The van der Waals surface area contributed by atoms with E-state index in [1.54, 1.807) is 4.90 Å². The quantitative estimate of drug-likeness (QED) is 0.888. The summed E-state index contributed by atoms with van der Waals surface area (Å²) in [7, 11) is 0. The maximum atomic E-state index is 12.2. The molecule has 1 N–H and O–H groups in total. The monoisotopic (exact) mass is 332 g/mol. The number of ether oxygens (including phenoxy) is 1. The zero-order valence-electron chi connectivity index (χ0n) is 12.8. The number of anilines is 1. The molecule has 9 heteroatoms. The van der Waals surface area contributed by atoms with Crippen LogP contribution in [0.5, 0.6) is 0 Å². The summed E-state index contributed by atoms with van der Waals surface area (Å²) in [6, 6.07) is 1.46. The van der Waals surface area contributed by atoms with Crippen molar-refractivity contribution in [1.82, 2.24) is 14.9 Å². The molecule has 0 spiro atoms. The highest BCUT2D eigenvalue weighted by Gasteiger charge is 2.27. The van der Waals surface area contributed by atoms with Crippen LogP contribution in [0, 0.1) is 0 Å². The fourth-order valence-corrected chi connectivity index (χ4v) is 2.22. The maximum absolute atomic E-state index is 12.2. The predicted molar refractivity (Wildman–Crippen MR) is 76.9 cm³/mol. The SMILES string of the molecule is CC(=O)N1CCOC(CNc2nccc(CCC(F)(F)F)n2)C1. The van der Waals surface area contributed by atoms with E-state index in [4.69, 9.17) is 4.74 Å². The average Bonchev–Trinajstić information content (AvgIpc) is 2.51. The van der Waals surface area contributed by atoms with Crippen molar-refractivity contribution in [2.45, 2.75) is 32.0 Å². The third-order valence-corrected chi connectivity index (χ3v) is 3.45. The van der Waals surface area contributed by atoms with Crippen LogP contribution in [0.2, 0.25) is 0 Å². The molecule has 6 nitrogen and oxygen atoms in total. The molecular weight excluding hydrogens is 313 g/mol. The molecule has 1 aliphatic heterocycles. The number of alkyl halides is 3. The molecule has 1 unspecified atom stereocenters. The lowest BCUT2D eigenvalue weighted by Crippen LogP contribution is -2.47. The Morgan fingerprint density at radius 2 is 2.30 bits per heavy atom. The van der Waals surface area contributed by atoms with Crippen molar-refractivity contribution in [3.05, 3.63) is 18.0 Å². The van der Waals surface area contributed by atoms with Gasteiger partial charge in [-0.2, -0.15) is 13.2 Å². The standard InChI is InChI=1S/C14H19F3N4O2/c1-10(22)21-6-7-23-12(9-21)8-19-13-18-5-3-11(20-13)2-4-14(15,16)17/h3,5,12H,2,4,6-9H2,1H3,(H,18,19,20). The molecule has 1 aliphatic rings. The topological polar surface area (TPSA) is 67.3 Å². The van der Waals surface area contributed by atoms with E-state index in [0.29, 0.717) is 31.9 Å². The van der Waals surface area contributed by atoms with Crippen LogP contribution in [0.4, 0.5) is 19.1 Å². The Kier molecular flexibility index (Phi) is 5.75. The Balaban J connectivity index is 1.84. The lowest BCUT2D eigenvalue weighted by molar-refractivity contribution is -0.136. The molecule has 1 fully saturated rings. The first-order valence-corrected chi connectivity index (χ1v) is 7.33. The van der Waals surface area contributed by atoms with Gasteiger partial charge in [0.25, 0.3) is 0 Å². The van der Waals surface area contributed by atoms with Gasteiger partial charge >= 0.3 is 6.18 Å². The molecular formula is C14H19F3N4O2. The number of morpholine rings is 1. The summed E-state index contributed by atoms with van der Waals surface area (Å²) in [6.07, 6.45) is -4.08. The highest BCUT2D eigenvalue weighted by Crippen LogP contribution is 2.21. The minimum Gasteiger partial charge on any atom is -0.373 e. The van der Waals surface area contributed by atoms with E-state index in [1.165, 1.54) is 19.2 Å². The molecule has 1 atom stereocenters. The number of aryl methyl sites for hydroxylation is 1.